The Morgan fingerprint density at radius 2 is 2.17 bits per heavy atom. The van der Waals surface area contributed by atoms with E-state index in [2.05, 4.69) is 10.3 Å². The Kier molecular flexibility index (Phi) is 4.09. The Labute approximate surface area is 106 Å². The molecule has 0 unspecified atom stereocenters. The number of nitro groups is 1. The van der Waals surface area contributed by atoms with Gasteiger partial charge in [-0.25, -0.2) is 0 Å². The number of nitrogens with zero attached hydrogens (tertiary/aromatic N) is 2. The third kappa shape index (κ3) is 2.95. The van der Waals surface area contributed by atoms with Gasteiger partial charge in [0.2, 0.25) is 0 Å². The molecule has 1 fully saturated rings. The number of methoxy groups -OCH3 is 1. The Balaban J connectivity index is 2.00. The minimum atomic E-state index is -0.384. The molecule has 6 heteroatoms. The van der Waals surface area contributed by atoms with Crippen molar-refractivity contribution < 1.29 is 9.66 Å². The van der Waals surface area contributed by atoms with E-state index in [9.17, 15) is 10.1 Å². The van der Waals surface area contributed by atoms with E-state index in [0.29, 0.717) is 11.8 Å². The van der Waals surface area contributed by atoms with Gasteiger partial charge >= 0.3 is 0 Å². The van der Waals surface area contributed by atoms with E-state index >= 15 is 0 Å². The van der Waals surface area contributed by atoms with E-state index < -0.39 is 0 Å². The maximum absolute atomic E-state index is 10.9. The molecular formula is C12H17N3O3. The molecule has 1 aliphatic carbocycles. The smallest absolute Gasteiger partial charge is 0.295 e. The molecule has 18 heavy (non-hydrogen) atoms. The summed E-state index contributed by atoms with van der Waals surface area (Å²) in [6.45, 7) is 0. The number of nitrogens with one attached hydrogen (secondary N) is 1. The van der Waals surface area contributed by atoms with E-state index in [1.165, 1.54) is 18.5 Å². The number of rotatable bonds is 4. The van der Waals surface area contributed by atoms with Crippen LogP contribution in [-0.2, 0) is 4.74 Å². The number of pyridine rings is 1. The van der Waals surface area contributed by atoms with Gasteiger partial charge in [-0.2, -0.15) is 0 Å². The second-order valence-electron chi connectivity index (χ2n) is 4.50. The fraction of sp³-hybridized carbons (Fsp3) is 0.583. The van der Waals surface area contributed by atoms with E-state index in [1.807, 2.05) is 0 Å². The van der Waals surface area contributed by atoms with Gasteiger partial charge in [-0.05, 0) is 25.7 Å². The van der Waals surface area contributed by atoms with Gasteiger partial charge in [0.1, 0.15) is 5.69 Å². The number of aromatic nitrogens is 1. The van der Waals surface area contributed by atoms with Gasteiger partial charge < -0.3 is 10.1 Å². The lowest BCUT2D eigenvalue weighted by Crippen LogP contribution is -2.29. The van der Waals surface area contributed by atoms with Crippen molar-refractivity contribution in [3.8, 4) is 0 Å². The van der Waals surface area contributed by atoms with E-state index in [-0.39, 0.29) is 16.7 Å². The van der Waals surface area contributed by atoms with Crippen molar-refractivity contribution in [2.45, 2.75) is 37.8 Å². The molecule has 2 rings (SSSR count). The molecule has 0 atom stereocenters. The Hall–Kier alpha value is -1.69. The molecule has 1 saturated carbocycles. The Bertz CT molecular complexity index is 417. The van der Waals surface area contributed by atoms with Crippen LogP contribution in [0.2, 0.25) is 0 Å². The third-order valence-electron chi connectivity index (χ3n) is 3.36. The molecular weight excluding hydrogens is 234 g/mol. The number of hydrogen-bond acceptors (Lipinski definition) is 5. The molecule has 6 nitrogen and oxygen atoms in total. The molecule has 1 N–H and O–H groups in total. The van der Waals surface area contributed by atoms with Gasteiger partial charge in [-0.3, -0.25) is 15.1 Å². The first kappa shape index (κ1) is 12.8. The van der Waals surface area contributed by atoms with Crippen molar-refractivity contribution in [3.63, 3.8) is 0 Å². The highest BCUT2D eigenvalue weighted by atomic mass is 16.6. The highest BCUT2D eigenvalue weighted by Crippen LogP contribution is 2.27. The molecule has 0 bridgehead atoms. The van der Waals surface area contributed by atoms with E-state index in [4.69, 9.17) is 4.74 Å². The molecule has 1 aromatic rings. The minimum absolute atomic E-state index is 0.0823. The molecule has 0 saturated heterocycles. The number of anilines is 1. The number of ether oxygens (including phenoxy) is 1. The maximum Gasteiger partial charge on any atom is 0.295 e. The van der Waals surface area contributed by atoms with Crippen molar-refractivity contribution in [2.24, 2.45) is 0 Å². The lowest BCUT2D eigenvalue weighted by molar-refractivity contribution is -0.384. The van der Waals surface area contributed by atoms with Gasteiger partial charge in [0.25, 0.3) is 5.69 Å². The molecule has 1 aromatic heterocycles. The van der Waals surface area contributed by atoms with E-state index in [1.54, 1.807) is 7.11 Å². The predicted molar refractivity (Wildman–Crippen MR) is 67.6 cm³/mol. The van der Waals surface area contributed by atoms with Gasteiger partial charge in [-0.1, -0.05) is 0 Å². The van der Waals surface area contributed by atoms with Gasteiger partial charge in [0.05, 0.1) is 17.2 Å². The van der Waals surface area contributed by atoms with Crippen LogP contribution in [0, 0.1) is 10.1 Å². The topological polar surface area (TPSA) is 77.3 Å². The normalized spacial score (nSPS) is 23.6. The first-order valence-corrected chi connectivity index (χ1v) is 6.08. The molecule has 1 heterocycles. The summed E-state index contributed by atoms with van der Waals surface area (Å²) in [5, 5.41) is 14.1. The van der Waals surface area contributed by atoms with Crippen LogP contribution in [0.5, 0.6) is 0 Å². The second-order valence-corrected chi connectivity index (χ2v) is 4.50. The summed E-state index contributed by atoms with van der Waals surface area (Å²) in [6.07, 6.45) is 7.18. The number of hydrogen-bond donors (Lipinski definition) is 1. The SMILES string of the molecule is COC1CCC(Nc2cnccc2[N+](=O)[O-])CC1. The summed E-state index contributed by atoms with van der Waals surface area (Å²) in [6, 6.07) is 1.68. The average molecular weight is 251 g/mol. The van der Waals surface area contributed by atoms with Crippen LogP contribution in [0.25, 0.3) is 0 Å². The molecule has 98 valence electrons. The molecule has 0 amide bonds. The fourth-order valence-electron chi connectivity index (χ4n) is 2.32. The molecule has 0 radical (unpaired) electrons. The lowest BCUT2D eigenvalue weighted by atomic mass is 9.93. The quantitative estimate of drug-likeness (QED) is 0.656. The van der Waals surface area contributed by atoms with Gasteiger partial charge in [0.15, 0.2) is 0 Å². The fourth-order valence-corrected chi connectivity index (χ4v) is 2.32. The zero-order valence-corrected chi connectivity index (χ0v) is 10.3. The van der Waals surface area contributed by atoms with Crippen LogP contribution in [-0.4, -0.2) is 29.2 Å². The van der Waals surface area contributed by atoms with Crippen LogP contribution < -0.4 is 5.32 Å². The standard InChI is InChI=1S/C12H17N3O3/c1-18-10-4-2-9(3-5-10)14-11-8-13-7-6-12(11)15(16)17/h6-10,14H,2-5H2,1H3. The zero-order chi connectivity index (χ0) is 13.0. The van der Waals surface area contributed by atoms with Crippen LogP contribution in [0.15, 0.2) is 18.5 Å². The lowest BCUT2D eigenvalue weighted by Gasteiger charge is -2.28. The van der Waals surface area contributed by atoms with E-state index in [0.717, 1.165) is 25.7 Å². The first-order valence-electron chi connectivity index (χ1n) is 6.08. The molecule has 1 aliphatic rings. The summed E-state index contributed by atoms with van der Waals surface area (Å²) >= 11 is 0. The molecule has 0 aromatic carbocycles. The maximum atomic E-state index is 10.9. The second kappa shape index (κ2) is 5.77. The summed E-state index contributed by atoms with van der Waals surface area (Å²) < 4.78 is 5.30. The monoisotopic (exact) mass is 251 g/mol. The van der Waals surface area contributed by atoms with Crippen molar-refractivity contribution in [3.05, 3.63) is 28.6 Å². The van der Waals surface area contributed by atoms with Crippen molar-refractivity contribution in [1.82, 2.24) is 4.98 Å². The average Bonchev–Trinajstić information content (AvgIpc) is 2.40. The van der Waals surface area contributed by atoms with Crippen molar-refractivity contribution in [2.75, 3.05) is 12.4 Å². The largest absolute Gasteiger partial charge is 0.381 e. The van der Waals surface area contributed by atoms with Gasteiger partial charge in [0, 0.05) is 25.4 Å². The summed E-state index contributed by atoms with van der Waals surface area (Å²) in [4.78, 5) is 14.4. The molecule has 0 aliphatic heterocycles. The highest BCUT2D eigenvalue weighted by molar-refractivity contribution is 5.59. The minimum Gasteiger partial charge on any atom is -0.381 e. The Morgan fingerprint density at radius 1 is 1.44 bits per heavy atom. The van der Waals surface area contributed by atoms with Crippen molar-refractivity contribution in [1.29, 1.82) is 0 Å². The third-order valence-corrected chi connectivity index (χ3v) is 3.36. The highest BCUT2D eigenvalue weighted by Gasteiger charge is 2.23. The summed E-state index contributed by atoms with van der Waals surface area (Å²) in [7, 11) is 1.73. The zero-order valence-electron chi connectivity index (χ0n) is 10.3. The van der Waals surface area contributed by atoms with Crippen LogP contribution >= 0.6 is 0 Å². The van der Waals surface area contributed by atoms with Crippen LogP contribution in [0.4, 0.5) is 11.4 Å². The van der Waals surface area contributed by atoms with Crippen LogP contribution in [0.1, 0.15) is 25.7 Å². The first-order chi connectivity index (χ1) is 8.70. The van der Waals surface area contributed by atoms with Crippen LogP contribution in [0.3, 0.4) is 0 Å². The van der Waals surface area contributed by atoms with Crippen molar-refractivity contribution >= 4 is 11.4 Å². The predicted octanol–water partition coefficient (Wildman–Crippen LogP) is 2.36. The molecule has 0 spiro atoms. The Morgan fingerprint density at radius 3 is 2.78 bits per heavy atom. The van der Waals surface area contributed by atoms with Gasteiger partial charge in [-0.15, -0.1) is 0 Å². The summed E-state index contributed by atoms with van der Waals surface area (Å²) in [5.74, 6) is 0. The summed E-state index contributed by atoms with van der Waals surface area (Å²) in [5.41, 5.74) is 0.585.